The van der Waals surface area contributed by atoms with Crippen molar-refractivity contribution in [2.24, 2.45) is 10.8 Å². The highest BCUT2D eigenvalue weighted by Crippen LogP contribution is 2.27. The molecule has 19 heavy (non-hydrogen) atoms. The Morgan fingerprint density at radius 1 is 0.842 bits per heavy atom. The minimum absolute atomic E-state index is 0.139. The summed E-state index contributed by atoms with van der Waals surface area (Å²) in [5.74, 6) is 0.846. The molecule has 0 N–H and O–H groups in total. The fraction of sp³-hybridized carbons (Fsp3) is 0.882. The largest absolute Gasteiger partial charge is 0.494 e. The summed E-state index contributed by atoms with van der Waals surface area (Å²) in [5.41, 5.74) is 0.388. The third kappa shape index (κ3) is 12.1. The summed E-state index contributed by atoms with van der Waals surface area (Å²) in [7, 11) is 0. The molecule has 0 saturated carbocycles. The van der Waals surface area contributed by atoms with Crippen LogP contribution in [0.4, 0.5) is 0 Å². The van der Waals surface area contributed by atoms with Crippen molar-refractivity contribution < 1.29 is 9.47 Å². The second-order valence-electron chi connectivity index (χ2n) is 8.52. The Bertz CT molecular complexity index is 287. The first-order chi connectivity index (χ1) is 8.31. The molecule has 0 spiro atoms. The van der Waals surface area contributed by atoms with Gasteiger partial charge >= 0.3 is 0 Å². The monoisotopic (exact) mass is 270 g/mol. The standard InChI is InChI=1S/C17H34O2/c1-14(18-13-16(5,6)7)12-19-17(8,9)11-10-15(2,3)4/h12H,10-11,13H2,1-9H3/b14-12+. The fourth-order valence-electron chi connectivity index (χ4n) is 1.34. The van der Waals surface area contributed by atoms with Gasteiger partial charge in [0.25, 0.3) is 0 Å². The molecule has 0 bridgehead atoms. The summed E-state index contributed by atoms with van der Waals surface area (Å²) in [6.45, 7) is 20.2. The van der Waals surface area contributed by atoms with Crippen molar-refractivity contribution in [1.82, 2.24) is 0 Å². The lowest BCUT2D eigenvalue weighted by molar-refractivity contribution is 0.0267. The maximum atomic E-state index is 5.86. The van der Waals surface area contributed by atoms with Gasteiger partial charge in [0.05, 0.1) is 6.61 Å². The van der Waals surface area contributed by atoms with E-state index in [4.69, 9.17) is 9.47 Å². The fourth-order valence-corrected chi connectivity index (χ4v) is 1.34. The van der Waals surface area contributed by atoms with E-state index in [9.17, 15) is 0 Å². The van der Waals surface area contributed by atoms with E-state index in [-0.39, 0.29) is 11.0 Å². The smallest absolute Gasteiger partial charge is 0.127 e. The summed E-state index contributed by atoms with van der Waals surface area (Å²) < 4.78 is 11.5. The van der Waals surface area contributed by atoms with Crippen molar-refractivity contribution in [3.8, 4) is 0 Å². The minimum Gasteiger partial charge on any atom is -0.494 e. The van der Waals surface area contributed by atoms with Crippen molar-refractivity contribution in [3.63, 3.8) is 0 Å². The van der Waals surface area contributed by atoms with E-state index in [1.807, 2.05) is 6.92 Å². The molecule has 0 aromatic rings. The van der Waals surface area contributed by atoms with Gasteiger partial charge < -0.3 is 9.47 Å². The summed E-state index contributed by atoms with van der Waals surface area (Å²) in [4.78, 5) is 0. The van der Waals surface area contributed by atoms with Crippen molar-refractivity contribution in [2.75, 3.05) is 6.61 Å². The number of allylic oxidation sites excluding steroid dienone is 1. The molecule has 2 heteroatoms. The number of hydrogen-bond donors (Lipinski definition) is 0. The molecule has 0 rings (SSSR count). The molecule has 2 nitrogen and oxygen atoms in total. The Hall–Kier alpha value is -0.660. The Morgan fingerprint density at radius 2 is 1.37 bits per heavy atom. The molecular weight excluding hydrogens is 236 g/mol. The van der Waals surface area contributed by atoms with E-state index in [2.05, 4.69) is 55.4 Å². The summed E-state index contributed by atoms with van der Waals surface area (Å²) in [5, 5.41) is 0. The molecule has 0 heterocycles. The lowest BCUT2D eigenvalue weighted by Crippen LogP contribution is -2.24. The van der Waals surface area contributed by atoms with Gasteiger partial charge in [-0.25, -0.2) is 0 Å². The molecule has 114 valence electrons. The molecular formula is C17H34O2. The van der Waals surface area contributed by atoms with Crippen molar-refractivity contribution >= 4 is 0 Å². The van der Waals surface area contributed by atoms with E-state index in [1.165, 1.54) is 0 Å². The van der Waals surface area contributed by atoms with Crippen LogP contribution in [0.5, 0.6) is 0 Å². The van der Waals surface area contributed by atoms with Crippen LogP contribution in [0, 0.1) is 10.8 Å². The summed E-state index contributed by atoms with van der Waals surface area (Å²) in [6, 6.07) is 0. The van der Waals surface area contributed by atoms with Gasteiger partial charge in [0.2, 0.25) is 0 Å². The first-order valence-corrected chi connectivity index (χ1v) is 7.28. The van der Waals surface area contributed by atoms with Crippen molar-refractivity contribution in [2.45, 2.75) is 80.8 Å². The van der Waals surface area contributed by atoms with Crippen molar-refractivity contribution in [1.29, 1.82) is 0 Å². The third-order valence-corrected chi connectivity index (χ3v) is 2.75. The van der Waals surface area contributed by atoms with Crippen LogP contribution in [0.2, 0.25) is 0 Å². The first-order valence-electron chi connectivity index (χ1n) is 7.28. The van der Waals surface area contributed by atoms with E-state index < -0.39 is 0 Å². The van der Waals surface area contributed by atoms with Gasteiger partial charge in [0.1, 0.15) is 17.6 Å². The zero-order valence-corrected chi connectivity index (χ0v) is 14.5. The molecule has 0 atom stereocenters. The lowest BCUT2D eigenvalue weighted by atomic mass is 9.86. The molecule has 0 aromatic heterocycles. The van der Waals surface area contributed by atoms with Crippen molar-refractivity contribution in [3.05, 3.63) is 12.0 Å². The molecule has 0 aliphatic carbocycles. The molecule has 0 aliphatic rings. The van der Waals surface area contributed by atoms with Gasteiger partial charge in [-0.2, -0.15) is 0 Å². The van der Waals surface area contributed by atoms with E-state index in [0.29, 0.717) is 12.0 Å². The molecule has 0 saturated heterocycles. The molecule has 0 fully saturated rings. The minimum atomic E-state index is -0.139. The Balaban J connectivity index is 4.20. The zero-order chi connectivity index (χ0) is 15.3. The van der Waals surface area contributed by atoms with Crippen LogP contribution in [-0.4, -0.2) is 12.2 Å². The van der Waals surface area contributed by atoms with Crippen LogP contribution in [-0.2, 0) is 9.47 Å². The summed E-state index contributed by atoms with van der Waals surface area (Å²) in [6.07, 6.45) is 3.95. The predicted octanol–water partition coefficient (Wildman–Crippen LogP) is 5.53. The van der Waals surface area contributed by atoms with Gasteiger partial charge in [0, 0.05) is 0 Å². The van der Waals surface area contributed by atoms with Crippen LogP contribution in [0.1, 0.15) is 75.2 Å². The van der Waals surface area contributed by atoms with E-state index in [0.717, 1.165) is 18.6 Å². The van der Waals surface area contributed by atoms with Gasteiger partial charge in [-0.1, -0.05) is 41.5 Å². The second kappa shape index (κ2) is 6.67. The average molecular weight is 270 g/mol. The SMILES string of the molecule is C/C(=C\OC(C)(C)CCC(C)(C)C)OCC(C)(C)C. The number of rotatable bonds is 6. The second-order valence-corrected chi connectivity index (χ2v) is 8.52. The van der Waals surface area contributed by atoms with E-state index in [1.54, 1.807) is 6.26 Å². The molecule has 0 unspecified atom stereocenters. The first kappa shape index (κ1) is 18.3. The van der Waals surface area contributed by atoms with Crippen LogP contribution >= 0.6 is 0 Å². The molecule has 0 radical (unpaired) electrons. The lowest BCUT2D eigenvalue weighted by Gasteiger charge is -2.29. The molecule has 0 aromatic carbocycles. The Kier molecular flexibility index (Phi) is 6.44. The van der Waals surface area contributed by atoms with Gasteiger partial charge in [-0.15, -0.1) is 0 Å². The van der Waals surface area contributed by atoms with Crippen LogP contribution < -0.4 is 0 Å². The molecule has 0 aliphatic heterocycles. The highest BCUT2D eigenvalue weighted by molar-refractivity contribution is 4.85. The van der Waals surface area contributed by atoms with Crippen LogP contribution in [0.25, 0.3) is 0 Å². The van der Waals surface area contributed by atoms with Gasteiger partial charge in [-0.05, 0) is 44.4 Å². The van der Waals surface area contributed by atoms with E-state index >= 15 is 0 Å². The Morgan fingerprint density at radius 3 is 1.79 bits per heavy atom. The predicted molar refractivity (Wildman–Crippen MR) is 83.0 cm³/mol. The highest BCUT2D eigenvalue weighted by atomic mass is 16.5. The van der Waals surface area contributed by atoms with Gasteiger partial charge in [0.15, 0.2) is 0 Å². The molecule has 0 amide bonds. The quantitative estimate of drug-likeness (QED) is 0.591. The Labute approximate surface area is 120 Å². The highest BCUT2D eigenvalue weighted by Gasteiger charge is 2.22. The maximum Gasteiger partial charge on any atom is 0.127 e. The van der Waals surface area contributed by atoms with Crippen LogP contribution in [0.15, 0.2) is 12.0 Å². The van der Waals surface area contributed by atoms with Gasteiger partial charge in [-0.3, -0.25) is 0 Å². The zero-order valence-electron chi connectivity index (χ0n) is 14.5. The average Bonchev–Trinajstić information content (AvgIpc) is 2.19. The maximum absolute atomic E-state index is 5.86. The summed E-state index contributed by atoms with van der Waals surface area (Å²) >= 11 is 0. The number of hydrogen-bond acceptors (Lipinski definition) is 2. The van der Waals surface area contributed by atoms with Crippen LogP contribution in [0.3, 0.4) is 0 Å². The number of ether oxygens (including phenoxy) is 2. The topological polar surface area (TPSA) is 18.5 Å². The third-order valence-electron chi connectivity index (χ3n) is 2.75. The normalized spacial score (nSPS) is 14.5.